The molecule has 94 valence electrons. The van der Waals surface area contributed by atoms with Gasteiger partial charge in [-0.05, 0) is 12.5 Å². The van der Waals surface area contributed by atoms with E-state index in [4.69, 9.17) is 9.79 Å². The van der Waals surface area contributed by atoms with E-state index in [9.17, 15) is 9.36 Å². The third-order valence-corrected chi connectivity index (χ3v) is 3.43. The summed E-state index contributed by atoms with van der Waals surface area (Å²) in [5.41, 5.74) is 0. The quantitative estimate of drug-likeness (QED) is 0.347. The van der Waals surface area contributed by atoms with Crippen molar-refractivity contribution in [3.05, 3.63) is 12.7 Å². The number of carbonyl (C=O) groups excluding carboxylic acids is 1. The molecule has 1 unspecified atom stereocenters. The lowest BCUT2D eigenvalue weighted by molar-refractivity contribution is -0.116. The van der Waals surface area contributed by atoms with Crippen molar-refractivity contribution in [3.63, 3.8) is 0 Å². The zero-order valence-corrected chi connectivity index (χ0v) is 10.4. The Labute approximate surface area is 96.1 Å². The van der Waals surface area contributed by atoms with Gasteiger partial charge in [0.25, 0.3) is 0 Å². The molecule has 0 saturated heterocycles. The molecule has 0 saturated carbocycles. The largest absolute Gasteiger partial charge is 0.347 e. The van der Waals surface area contributed by atoms with Crippen LogP contribution in [-0.4, -0.2) is 21.5 Å². The highest BCUT2D eigenvalue weighted by Crippen LogP contribution is 2.42. The smallest absolute Gasteiger partial charge is 0.338 e. The predicted molar refractivity (Wildman–Crippen MR) is 62.9 cm³/mol. The summed E-state index contributed by atoms with van der Waals surface area (Å²) in [6.45, 7) is 5.30. The zero-order chi connectivity index (χ0) is 12.6. The molecule has 0 fully saturated rings. The van der Waals surface area contributed by atoms with Crippen LogP contribution in [0.4, 0.5) is 0 Å². The van der Waals surface area contributed by atoms with Crippen LogP contribution < -0.4 is 5.32 Å². The molecule has 0 radical (unpaired) electrons. The van der Waals surface area contributed by atoms with Gasteiger partial charge in [0, 0.05) is 0 Å². The Morgan fingerprint density at radius 3 is 2.50 bits per heavy atom. The summed E-state index contributed by atoms with van der Waals surface area (Å²) in [5, 5.41) is 2.26. The van der Waals surface area contributed by atoms with Crippen molar-refractivity contribution in [1.29, 1.82) is 0 Å². The molecule has 1 atom stereocenters. The summed E-state index contributed by atoms with van der Waals surface area (Å²) in [5.74, 6) is -1.64. The minimum atomic E-state index is -4.27. The van der Waals surface area contributed by atoms with Crippen LogP contribution in [0.2, 0.25) is 0 Å². The van der Waals surface area contributed by atoms with Crippen LogP contribution >= 0.6 is 7.60 Å². The van der Waals surface area contributed by atoms with Gasteiger partial charge < -0.3 is 15.1 Å². The van der Waals surface area contributed by atoms with Gasteiger partial charge in [0.15, 0.2) is 0 Å². The summed E-state index contributed by atoms with van der Waals surface area (Å²) in [6, 6.07) is 0. The van der Waals surface area contributed by atoms with Gasteiger partial charge in [0.1, 0.15) is 5.78 Å². The van der Waals surface area contributed by atoms with Crippen LogP contribution in [0.3, 0.4) is 0 Å². The van der Waals surface area contributed by atoms with Crippen molar-refractivity contribution in [2.75, 3.05) is 0 Å². The monoisotopic (exact) mass is 249 g/mol. The number of unbranched alkanes of at least 4 members (excludes halogenated alkanes) is 3. The summed E-state index contributed by atoms with van der Waals surface area (Å²) < 4.78 is 11.1. The number of rotatable bonds is 8. The topological polar surface area (TPSA) is 86.6 Å². The highest BCUT2D eigenvalue weighted by atomic mass is 31.2. The summed E-state index contributed by atoms with van der Waals surface area (Å²) in [4.78, 5) is 29.1. The number of hydrogen-bond donors (Lipinski definition) is 3. The van der Waals surface area contributed by atoms with Gasteiger partial charge in [-0.1, -0.05) is 39.2 Å². The van der Waals surface area contributed by atoms with Crippen LogP contribution in [0.5, 0.6) is 0 Å². The normalized spacial score (nSPS) is 13.2. The van der Waals surface area contributed by atoms with Crippen LogP contribution in [0.1, 0.15) is 39.0 Å². The molecule has 0 aliphatic rings. The second-order valence-corrected chi connectivity index (χ2v) is 5.47. The van der Waals surface area contributed by atoms with Crippen LogP contribution in [0, 0.1) is 0 Å². The molecule has 6 heteroatoms. The fourth-order valence-corrected chi connectivity index (χ4v) is 2.13. The van der Waals surface area contributed by atoms with Crippen molar-refractivity contribution in [2.45, 2.75) is 44.8 Å². The Bertz CT molecular complexity index is 274. The van der Waals surface area contributed by atoms with E-state index in [0.717, 1.165) is 25.3 Å². The molecule has 0 spiro atoms. The molecule has 0 bridgehead atoms. The van der Waals surface area contributed by atoms with Crippen molar-refractivity contribution in [3.8, 4) is 0 Å². The SMILES string of the molecule is C=CC(=O)NC(CCCCCC)P(=O)(O)O. The molecule has 5 nitrogen and oxygen atoms in total. The van der Waals surface area contributed by atoms with Gasteiger partial charge in [-0.15, -0.1) is 0 Å². The van der Waals surface area contributed by atoms with Crippen molar-refractivity contribution in [2.24, 2.45) is 0 Å². The molecule has 0 aromatic rings. The molecule has 1 amide bonds. The number of carbonyl (C=O) groups is 1. The van der Waals surface area contributed by atoms with Crippen LogP contribution in [-0.2, 0) is 9.36 Å². The first-order valence-electron chi connectivity index (χ1n) is 5.40. The molecule has 16 heavy (non-hydrogen) atoms. The molecular weight excluding hydrogens is 229 g/mol. The van der Waals surface area contributed by atoms with E-state index < -0.39 is 19.3 Å². The number of amides is 1. The maximum absolute atomic E-state index is 11.1. The second kappa shape index (κ2) is 7.60. The lowest BCUT2D eigenvalue weighted by Gasteiger charge is -2.18. The van der Waals surface area contributed by atoms with E-state index >= 15 is 0 Å². The Balaban J connectivity index is 4.17. The van der Waals surface area contributed by atoms with Gasteiger partial charge in [-0.25, -0.2) is 0 Å². The van der Waals surface area contributed by atoms with Crippen molar-refractivity contribution >= 4 is 13.5 Å². The first kappa shape index (κ1) is 15.4. The molecule has 0 aromatic carbocycles. The Hall–Kier alpha value is -0.640. The maximum Gasteiger partial charge on any atom is 0.347 e. The van der Waals surface area contributed by atoms with Crippen molar-refractivity contribution in [1.82, 2.24) is 5.32 Å². The van der Waals surface area contributed by atoms with Gasteiger partial charge in [0.05, 0.1) is 0 Å². The third kappa shape index (κ3) is 6.77. The van der Waals surface area contributed by atoms with E-state index in [-0.39, 0.29) is 0 Å². The fourth-order valence-electron chi connectivity index (χ4n) is 1.31. The van der Waals surface area contributed by atoms with Gasteiger partial charge in [-0.2, -0.15) is 0 Å². The lowest BCUT2D eigenvalue weighted by atomic mass is 10.1. The maximum atomic E-state index is 11.1. The van der Waals surface area contributed by atoms with E-state index in [1.807, 2.05) is 0 Å². The Morgan fingerprint density at radius 1 is 1.44 bits per heavy atom. The molecule has 0 heterocycles. The highest BCUT2D eigenvalue weighted by molar-refractivity contribution is 7.52. The van der Waals surface area contributed by atoms with Crippen LogP contribution in [0.25, 0.3) is 0 Å². The molecule has 0 aromatic heterocycles. The van der Waals surface area contributed by atoms with E-state index in [1.54, 1.807) is 0 Å². The van der Waals surface area contributed by atoms with Gasteiger partial charge in [-0.3, -0.25) is 9.36 Å². The van der Waals surface area contributed by atoms with Crippen molar-refractivity contribution < 1.29 is 19.1 Å². The zero-order valence-electron chi connectivity index (χ0n) is 9.56. The molecule has 0 aliphatic carbocycles. The Morgan fingerprint density at radius 2 is 2.06 bits per heavy atom. The van der Waals surface area contributed by atoms with E-state index in [1.165, 1.54) is 0 Å². The lowest BCUT2D eigenvalue weighted by Crippen LogP contribution is -2.33. The summed E-state index contributed by atoms with van der Waals surface area (Å²) in [7, 11) is -4.27. The molecular formula is C10H20NO4P. The molecule has 0 rings (SSSR count). The fraction of sp³-hybridized carbons (Fsp3) is 0.700. The molecule has 3 N–H and O–H groups in total. The van der Waals surface area contributed by atoms with Gasteiger partial charge in [0.2, 0.25) is 5.91 Å². The molecule has 0 aliphatic heterocycles. The average Bonchev–Trinajstić information content (AvgIpc) is 2.20. The summed E-state index contributed by atoms with van der Waals surface area (Å²) >= 11 is 0. The summed E-state index contributed by atoms with van der Waals surface area (Å²) in [6.07, 6.45) is 5.00. The standard InChI is InChI=1S/C10H20NO4P/c1-3-5-6-7-8-10(16(13,14)15)11-9(12)4-2/h4,10H,2-3,5-8H2,1H3,(H,11,12)(H2,13,14,15). The van der Waals surface area contributed by atoms with E-state index in [2.05, 4.69) is 18.8 Å². The highest BCUT2D eigenvalue weighted by Gasteiger charge is 2.28. The minimum Gasteiger partial charge on any atom is -0.338 e. The Kier molecular flexibility index (Phi) is 7.30. The van der Waals surface area contributed by atoms with E-state index in [0.29, 0.717) is 12.8 Å². The average molecular weight is 249 g/mol. The number of nitrogens with one attached hydrogen (secondary N) is 1. The third-order valence-electron chi connectivity index (χ3n) is 2.23. The first-order valence-corrected chi connectivity index (χ1v) is 7.08. The minimum absolute atomic E-state index is 0.295. The van der Waals surface area contributed by atoms with Crippen LogP contribution in [0.15, 0.2) is 12.7 Å². The number of hydrogen-bond acceptors (Lipinski definition) is 2. The first-order chi connectivity index (χ1) is 7.41. The second-order valence-electron chi connectivity index (χ2n) is 3.67. The van der Waals surface area contributed by atoms with Gasteiger partial charge >= 0.3 is 7.60 Å². The predicted octanol–water partition coefficient (Wildman–Crippen LogP) is 1.76.